The zero-order valence-corrected chi connectivity index (χ0v) is 14.9. The minimum absolute atomic E-state index is 0.109. The highest BCUT2D eigenvalue weighted by molar-refractivity contribution is 7.86. The molecule has 0 saturated carbocycles. The Balaban J connectivity index is 1.71. The second-order valence-corrected chi connectivity index (χ2v) is 8.37. The van der Waals surface area contributed by atoms with Crippen molar-refractivity contribution in [2.24, 2.45) is 5.92 Å². The molecule has 0 amide bonds. The average molecular weight is 373 g/mol. The lowest BCUT2D eigenvalue weighted by atomic mass is 10.1. The molecule has 1 saturated heterocycles. The fourth-order valence-corrected chi connectivity index (χ4v) is 4.62. The number of rotatable bonds is 6. The molecule has 1 aromatic carbocycles. The van der Waals surface area contributed by atoms with Gasteiger partial charge in [0.15, 0.2) is 0 Å². The molecule has 2 heterocycles. The maximum absolute atomic E-state index is 13.1. The molecular weight excluding hydrogens is 352 g/mol. The van der Waals surface area contributed by atoms with E-state index in [1.165, 1.54) is 17.5 Å². The van der Waals surface area contributed by atoms with Gasteiger partial charge in [-0.2, -0.15) is 12.7 Å². The lowest BCUT2D eigenvalue weighted by molar-refractivity contribution is -0.177. The van der Waals surface area contributed by atoms with E-state index >= 15 is 0 Å². The van der Waals surface area contributed by atoms with Crippen LogP contribution in [0.25, 0.3) is 0 Å². The van der Waals surface area contributed by atoms with Gasteiger partial charge in [0, 0.05) is 12.4 Å². The van der Waals surface area contributed by atoms with E-state index in [1.807, 2.05) is 44.2 Å². The summed E-state index contributed by atoms with van der Waals surface area (Å²) in [7, 11) is -4.00. The average Bonchev–Trinajstić information content (AvgIpc) is 2.96. The van der Waals surface area contributed by atoms with Crippen molar-refractivity contribution < 1.29 is 22.0 Å². The molecule has 2 aliphatic heterocycles. The molecule has 0 aromatic heterocycles. The summed E-state index contributed by atoms with van der Waals surface area (Å²) in [6, 6.07) is 9.48. The van der Waals surface area contributed by atoms with E-state index in [4.69, 9.17) is 4.84 Å². The highest BCUT2D eigenvalue weighted by Gasteiger charge is 2.53. The summed E-state index contributed by atoms with van der Waals surface area (Å²) in [5, 5.41) is 1.47. The molecule has 0 bridgehead atoms. The summed E-state index contributed by atoms with van der Waals surface area (Å²) >= 11 is 0. The van der Waals surface area contributed by atoms with Crippen LogP contribution in [0.1, 0.15) is 19.4 Å². The summed E-state index contributed by atoms with van der Waals surface area (Å²) < 4.78 is 53.3. The molecule has 0 spiro atoms. The third-order valence-corrected chi connectivity index (χ3v) is 5.89. The second kappa shape index (κ2) is 6.54. The summed E-state index contributed by atoms with van der Waals surface area (Å²) in [6.45, 7) is 2.42. The molecule has 9 heteroatoms. The first-order valence-electron chi connectivity index (χ1n) is 8.01. The summed E-state index contributed by atoms with van der Waals surface area (Å²) in [5.41, 5.74) is 0.946. The topological polar surface area (TPSA) is 53.1 Å². The van der Waals surface area contributed by atoms with Gasteiger partial charge >= 0.3 is 10.2 Å². The van der Waals surface area contributed by atoms with Crippen molar-refractivity contribution in [1.82, 2.24) is 13.7 Å². The Labute approximate surface area is 146 Å². The van der Waals surface area contributed by atoms with Gasteiger partial charge in [0.25, 0.3) is 5.92 Å². The first kappa shape index (κ1) is 18.1. The molecule has 1 aromatic rings. The highest BCUT2D eigenvalue weighted by atomic mass is 32.2. The van der Waals surface area contributed by atoms with Crippen molar-refractivity contribution in [2.75, 3.05) is 13.1 Å². The third-order valence-electron chi connectivity index (χ3n) is 4.11. The van der Waals surface area contributed by atoms with Crippen molar-refractivity contribution in [3.8, 4) is 0 Å². The normalized spacial score (nSPS) is 23.3. The molecule has 1 atom stereocenters. The van der Waals surface area contributed by atoms with Crippen LogP contribution in [0.4, 0.5) is 8.78 Å². The fourth-order valence-electron chi connectivity index (χ4n) is 2.83. The van der Waals surface area contributed by atoms with Crippen molar-refractivity contribution in [1.29, 1.82) is 0 Å². The molecule has 2 aliphatic rings. The van der Waals surface area contributed by atoms with Gasteiger partial charge in [0.05, 0.1) is 19.7 Å². The lowest BCUT2D eigenvalue weighted by Crippen LogP contribution is -2.62. The van der Waals surface area contributed by atoms with E-state index in [1.54, 1.807) is 0 Å². The van der Waals surface area contributed by atoms with Crippen LogP contribution in [-0.2, 0) is 21.7 Å². The second-order valence-electron chi connectivity index (χ2n) is 6.54. The van der Waals surface area contributed by atoms with Gasteiger partial charge in [-0.05, 0) is 11.5 Å². The minimum atomic E-state index is -4.00. The van der Waals surface area contributed by atoms with E-state index in [-0.39, 0.29) is 12.5 Å². The van der Waals surface area contributed by atoms with Crippen LogP contribution >= 0.6 is 0 Å². The van der Waals surface area contributed by atoms with Crippen LogP contribution in [0.3, 0.4) is 0 Å². The molecule has 0 aliphatic carbocycles. The lowest BCUT2D eigenvalue weighted by Gasteiger charge is -2.42. The van der Waals surface area contributed by atoms with Gasteiger partial charge in [-0.1, -0.05) is 44.2 Å². The van der Waals surface area contributed by atoms with E-state index in [0.29, 0.717) is 0 Å². The maximum Gasteiger partial charge on any atom is 0.305 e. The van der Waals surface area contributed by atoms with Gasteiger partial charge in [0.1, 0.15) is 6.17 Å². The zero-order chi connectivity index (χ0) is 18.2. The van der Waals surface area contributed by atoms with E-state index in [0.717, 1.165) is 14.2 Å². The first-order valence-corrected chi connectivity index (χ1v) is 9.40. The van der Waals surface area contributed by atoms with Gasteiger partial charge in [-0.25, -0.2) is 18.1 Å². The fraction of sp³-hybridized carbons (Fsp3) is 0.500. The minimum Gasteiger partial charge on any atom is -0.267 e. The smallest absolute Gasteiger partial charge is 0.267 e. The summed E-state index contributed by atoms with van der Waals surface area (Å²) in [6.07, 6.45) is 2.26. The van der Waals surface area contributed by atoms with E-state index < -0.39 is 35.4 Å². The van der Waals surface area contributed by atoms with Gasteiger partial charge in [-0.15, -0.1) is 0 Å². The van der Waals surface area contributed by atoms with Gasteiger partial charge in [-0.3, -0.25) is 4.84 Å². The Morgan fingerprint density at radius 1 is 1.20 bits per heavy atom. The molecule has 25 heavy (non-hydrogen) atoms. The zero-order valence-electron chi connectivity index (χ0n) is 14.0. The Kier molecular flexibility index (Phi) is 4.74. The number of benzene rings is 1. The first-order chi connectivity index (χ1) is 11.7. The van der Waals surface area contributed by atoms with Crippen LogP contribution in [0.5, 0.6) is 0 Å². The number of nitrogens with zero attached hydrogens (tertiary/aromatic N) is 3. The molecular formula is C16H21F2N3O3S. The van der Waals surface area contributed by atoms with Gasteiger partial charge in [0.2, 0.25) is 0 Å². The van der Waals surface area contributed by atoms with E-state index in [9.17, 15) is 17.2 Å². The molecule has 6 nitrogen and oxygen atoms in total. The third kappa shape index (κ3) is 3.63. The largest absolute Gasteiger partial charge is 0.305 e. The molecule has 0 radical (unpaired) electrons. The predicted molar refractivity (Wildman–Crippen MR) is 88.1 cm³/mol. The Morgan fingerprint density at radius 2 is 1.84 bits per heavy atom. The maximum atomic E-state index is 13.1. The quantitative estimate of drug-likeness (QED) is 0.768. The summed E-state index contributed by atoms with van der Waals surface area (Å²) in [5.74, 6) is -3.06. The molecule has 1 fully saturated rings. The molecule has 138 valence electrons. The van der Waals surface area contributed by atoms with Crippen molar-refractivity contribution in [3.05, 3.63) is 48.3 Å². The Hall–Kier alpha value is -1.71. The Bertz CT molecular complexity index is 732. The molecule has 3 rings (SSSR count). The monoisotopic (exact) mass is 373 g/mol. The number of hydrogen-bond donors (Lipinski definition) is 0. The predicted octanol–water partition coefficient (Wildman–Crippen LogP) is 2.38. The number of halogens is 2. The van der Waals surface area contributed by atoms with Crippen LogP contribution in [0.2, 0.25) is 0 Å². The highest BCUT2D eigenvalue weighted by Crippen LogP contribution is 2.34. The molecule has 0 N–H and O–H groups in total. The number of hydrogen-bond acceptors (Lipinski definition) is 4. The van der Waals surface area contributed by atoms with Crippen LogP contribution < -0.4 is 0 Å². The number of alkyl halides is 2. The van der Waals surface area contributed by atoms with Crippen LogP contribution in [-0.4, -0.2) is 47.3 Å². The van der Waals surface area contributed by atoms with E-state index in [2.05, 4.69) is 0 Å². The SMILES string of the molecule is CC(C)C1N(OCc2ccccc2)C=CN1S(=O)(=O)N1CC(F)(F)C1. The number of hydroxylamine groups is 2. The van der Waals surface area contributed by atoms with Gasteiger partial charge < -0.3 is 0 Å². The standard InChI is InChI=1S/C16H21F2N3O3S/c1-13(2)15-20(24-10-14-6-4-3-5-7-14)8-9-21(15)25(22,23)19-11-16(17,18)12-19/h3-9,13,15H,10-12H2,1-2H3. The molecule has 1 unspecified atom stereocenters. The van der Waals surface area contributed by atoms with Crippen molar-refractivity contribution >= 4 is 10.2 Å². The Morgan fingerprint density at radius 3 is 2.40 bits per heavy atom. The van der Waals surface area contributed by atoms with Crippen molar-refractivity contribution in [2.45, 2.75) is 32.5 Å². The van der Waals surface area contributed by atoms with Crippen molar-refractivity contribution in [3.63, 3.8) is 0 Å². The summed E-state index contributed by atoms with van der Waals surface area (Å²) in [4.78, 5) is 5.73. The van der Waals surface area contributed by atoms with Crippen LogP contribution in [0, 0.1) is 5.92 Å². The van der Waals surface area contributed by atoms with Crippen LogP contribution in [0.15, 0.2) is 42.7 Å².